The standard InChI is InChI=1S/C24H27N3O4/c1-31-21-9-5-4-8-20(21)26-23(29)16-10-12-18(13-11-16)25-24(30)17-14-22(28)27(15-17)19-6-2-3-7-19/h4-5,8-13,17,19H,2-3,6-7,14-15H2,1H3,(H,25,30)(H,26,29). The number of nitrogens with one attached hydrogen (secondary N) is 2. The first-order valence-electron chi connectivity index (χ1n) is 10.7. The molecule has 31 heavy (non-hydrogen) atoms. The Morgan fingerprint density at radius 1 is 1.00 bits per heavy atom. The molecule has 2 N–H and O–H groups in total. The smallest absolute Gasteiger partial charge is 0.255 e. The van der Waals surface area contributed by atoms with Crippen LogP contribution in [0.5, 0.6) is 5.75 Å². The van der Waals surface area contributed by atoms with Crippen molar-refractivity contribution in [1.29, 1.82) is 0 Å². The molecule has 0 aromatic heterocycles. The van der Waals surface area contributed by atoms with Crippen LogP contribution in [0.1, 0.15) is 42.5 Å². The molecule has 1 heterocycles. The highest BCUT2D eigenvalue weighted by Gasteiger charge is 2.38. The number of nitrogens with zero attached hydrogens (tertiary/aromatic N) is 1. The van der Waals surface area contributed by atoms with E-state index in [0.29, 0.717) is 35.3 Å². The fourth-order valence-corrected chi connectivity index (χ4v) is 4.37. The molecule has 0 bridgehead atoms. The van der Waals surface area contributed by atoms with Gasteiger partial charge in [-0.25, -0.2) is 0 Å². The first-order valence-corrected chi connectivity index (χ1v) is 10.7. The summed E-state index contributed by atoms with van der Waals surface area (Å²) in [5.74, 6) is -0.0921. The molecule has 7 heteroatoms. The number of rotatable bonds is 6. The van der Waals surface area contributed by atoms with E-state index in [9.17, 15) is 14.4 Å². The molecule has 1 saturated heterocycles. The molecule has 1 aliphatic heterocycles. The van der Waals surface area contributed by atoms with Crippen LogP contribution in [0.3, 0.4) is 0 Å². The van der Waals surface area contributed by atoms with E-state index in [-0.39, 0.29) is 30.1 Å². The van der Waals surface area contributed by atoms with Gasteiger partial charge in [0.2, 0.25) is 11.8 Å². The molecule has 1 aliphatic carbocycles. The normalized spacial score (nSPS) is 18.8. The van der Waals surface area contributed by atoms with Gasteiger partial charge in [-0.05, 0) is 49.2 Å². The molecule has 2 fully saturated rings. The molecule has 2 aromatic carbocycles. The van der Waals surface area contributed by atoms with Gasteiger partial charge in [0.1, 0.15) is 5.75 Å². The molecule has 2 aliphatic rings. The van der Waals surface area contributed by atoms with Crippen LogP contribution in [0.4, 0.5) is 11.4 Å². The lowest BCUT2D eigenvalue weighted by molar-refractivity contribution is -0.129. The number of hydrogen-bond donors (Lipinski definition) is 2. The summed E-state index contributed by atoms with van der Waals surface area (Å²) >= 11 is 0. The van der Waals surface area contributed by atoms with E-state index in [0.717, 1.165) is 25.7 Å². The summed E-state index contributed by atoms with van der Waals surface area (Å²) in [5.41, 5.74) is 1.66. The van der Waals surface area contributed by atoms with Crippen molar-refractivity contribution < 1.29 is 19.1 Å². The number of para-hydroxylation sites is 2. The second-order valence-corrected chi connectivity index (χ2v) is 8.11. The van der Waals surface area contributed by atoms with Crippen molar-refractivity contribution in [3.8, 4) is 5.75 Å². The molecule has 1 saturated carbocycles. The lowest BCUT2D eigenvalue weighted by atomic mass is 10.1. The Balaban J connectivity index is 1.34. The van der Waals surface area contributed by atoms with Gasteiger partial charge in [-0.2, -0.15) is 0 Å². The number of hydrogen-bond acceptors (Lipinski definition) is 4. The second-order valence-electron chi connectivity index (χ2n) is 8.11. The topological polar surface area (TPSA) is 87.7 Å². The average molecular weight is 421 g/mol. The van der Waals surface area contributed by atoms with Crippen LogP contribution in [0, 0.1) is 5.92 Å². The van der Waals surface area contributed by atoms with Gasteiger partial charge in [0.25, 0.3) is 5.91 Å². The summed E-state index contributed by atoms with van der Waals surface area (Å²) in [6.45, 7) is 0.495. The van der Waals surface area contributed by atoms with E-state index in [1.54, 1.807) is 43.5 Å². The summed E-state index contributed by atoms with van der Waals surface area (Å²) in [7, 11) is 1.55. The number of carbonyl (C=O) groups excluding carboxylic acids is 3. The van der Waals surface area contributed by atoms with Crippen molar-refractivity contribution in [2.75, 3.05) is 24.3 Å². The van der Waals surface area contributed by atoms with Crippen LogP contribution in [0.25, 0.3) is 0 Å². The van der Waals surface area contributed by atoms with Crippen LogP contribution in [-0.4, -0.2) is 42.3 Å². The van der Waals surface area contributed by atoms with Gasteiger partial charge >= 0.3 is 0 Å². The Kier molecular flexibility index (Phi) is 6.21. The Morgan fingerprint density at radius 2 is 1.71 bits per heavy atom. The van der Waals surface area contributed by atoms with Crippen LogP contribution in [-0.2, 0) is 9.59 Å². The van der Waals surface area contributed by atoms with E-state index in [4.69, 9.17) is 4.74 Å². The minimum atomic E-state index is -0.332. The van der Waals surface area contributed by atoms with Crippen molar-refractivity contribution in [1.82, 2.24) is 4.90 Å². The van der Waals surface area contributed by atoms with Gasteiger partial charge in [0.15, 0.2) is 0 Å². The van der Waals surface area contributed by atoms with Crippen LogP contribution in [0.15, 0.2) is 48.5 Å². The monoisotopic (exact) mass is 421 g/mol. The minimum absolute atomic E-state index is 0.0791. The summed E-state index contributed by atoms with van der Waals surface area (Å²) in [6.07, 6.45) is 4.66. The average Bonchev–Trinajstić information content (AvgIpc) is 3.44. The van der Waals surface area contributed by atoms with Gasteiger partial charge in [-0.3, -0.25) is 14.4 Å². The molecule has 0 radical (unpaired) electrons. The van der Waals surface area contributed by atoms with E-state index >= 15 is 0 Å². The first-order chi connectivity index (χ1) is 15.0. The zero-order valence-electron chi connectivity index (χ0n) is 17.6. The molecular formula is C24H27N3O4. The lowest BCUT2D eigenvalue weighted by Crippen LogP contribution is -2.35. The summed E-state index contributed by atoms with van der Waals surface area (Å²) in [5, 5.41) is 5.70. The third-order valence-electron chi connectivity index (χ3n) is 6.06. The van der Waals surface area contributed by atoms with Crippen molar-refractivity contribution in [2.24, 2.45) is 5.92 Å². The number of amides is 3. The van der Waals surface area contributed by atoms with Crippen molar-refractivity contribution in [2.45, 2.75) is 38.1 Å². The van der Waals surface area contributed by atoms with Crippen molar-refractivity contribution in [3.05, 3.63) is 54.1 Å². The Bertz CT molecular complexity index is 967. The SMILES string of the molecule is COc1ccccc1NC(=O)c1ccc(NC(=O)C2CC(=O)N(C3CCCC3)C2)cc1. The van der Waals surface area contributed by atoms with Crippen LogP contribution >= 0.6 is 0 Å². The first kappa shape index (κ1) is 20.9. The number of carbonyl (C=O) groups is 3. The summed E-state index contributed by atoms with van der Waals surface area (Å²) < 4.78 is 5.25. The van der Waals surface area contributed by atoms with E-state index in [1.807, 2.05) is 17.0 Å². The van der Waals surface area contributed by atoms with Gasteiger partial charge < -0.3 is 20.3 Å². The zero-order valence-corrected chi connectivity index (χ0v) is 17.6. The van der Waals surface area contributed by atoms with Gasteiger partial charge in [-0.1, -0.05) is 25.0 Å². The fraction of sp³-hybridized carbons (Fsp3) is 0.375. The predicted octanol–water partition coefficient (Wildman–Crippen LogP) is 3.68. The fourth-order valence-electron chi connectivity index (χ4n) is 4.37. The Hall–Kier alpha value is -3.35. The molecule has 162 valence electrons. The maximum atomic E-state index is 12.7. The summed E-state index contributed by atoms with van der Waals surface area (Å²) in [6, 6.07) is 14.2. The highest BCUT2D eigenvalue weighted by Crippen LogP contribution is 2.30. The van der Waals surface area contributed by atoms with E-state index in [1.165, 1.54) is 0 Å². The predicted molar refractivity (Wildman–Crippen MR) is 118 cm³/mol. The Morgan fingerprint density at radius 3 is 2.42 bits per heavy atom. The van der Waals surface area contributed by atoms with E-state index < -0.39 is 0 Å². The minimum Gasteiger partial charge on any atom is -0.495 e. The number of anilines is 2. The largest absolute Gasteiger partial charge is 0.495 e. The molecule has 7 nitrogen and oxygen atoms in total. The Labute approximate surface area is 181 Å². The van der Waals surface area contributed by atoms with Gasteiger partial charge in [0, 0.05) is 30.3 Å². The summed E-state index contributed by atoms with van der Waals surface area (Å²) in [4.78, 5) is 39.4. The zero-order chi connectivity index (χ0) is 21.8. The lowest BCUT2D eigenvalue weighted by Gasteiger charge is -2.23. The third kappa shape index (κ3) is 4.71. The third-order valence-corrected chi connectivity index (χ3v) is 6.06. The highest BCUT2D eigenvalue weighted by molar-refractivity contribution is 6.05. The van der Waals surface area contributed by atoms with E-state index in [2.05, 4.69) is 10.6 Å². The van der Waals surface area contributed by atoms with Crippen molar-refractivity contribution >= 4 is 29.1 Å². The molecular weight excluding hydrogens is 394 g/mol. The second kappa shape index (κ2) is 9.20. The van der Waals surface area contributed by atoms with Gasteiger partial charge in [0.05, 0.1) is 18.7 Å². The quantitative estimate of drug-likeness (QED) is 0.745. The number of likely N-dealkylation sites (tertiary alicyclic amines) is 1. The van der Waals surface area contributed by atoms with Crippen LogP contribution in [0.2, 0.25) is 0 Å². The number of ether oxygens (including phenoxy) is 1. The molecule has 1 unspecified atom stereocenters. The van der Waals surface area contributed by atoms with Crippen LogP contribution < -0.4 is 15.4 Å². The molecule has 0 spiro atoms. The number of methoxy groups -OCH3 is 1. The highest BCUT2D eigenvalue weighted by atomic mass is 16.5. The van der Waals surface area contributed by atoms with Crippen molar-refractivity contribution in [3.63, 3.8) is 0 Å². The molecule has 4 rings (SSSR count). The molecule has 1 atom stereocenters. The molecule has 3 amide bonds. The van der Waals surface area contributed by atoms with Gasteiger partial charge in [-0.15, -0.1) is 0 Å². The maximum absolute atomic E-state index is 12.7. The maximum Gasteiger partial charge on any atom is 0.255 e. The number of benzene rings is 2. The molecule has 2 aromatic rings.